The Labute approximate surface area is 113 Å². The van der Waals surface area contributed by atoms with Gasteiger partial charge in [0.1, 0.15) is 5.75 Å². The summed E-state index contributed by atoms with van der Waals surface area (Å²) in [7, 11) is 1.55. The molecule has 1 N–H and O–H groups in total. The first kappa shape index (κ1) is 15.0. The lowest BCUT2D eigenvalue weighted by molar-refractivity contribution is -0.131. The molecular formula is C14H20N2O3. The highest BCUT2D eigenvalue weighted by Gasteiger charge is 2.19. The summed E-state index contributed by atoms with van der Waals surface area (Å²) in [6, 6.07) is 6.31. The molecule has 19 heavy (non-hydrogen) atoms. The Kier molecular flexibility index (Phi) is 5.36. The second-order valence-electron chi connectivity index (χ2n) is 4.24. The highest BCUT2D eigenvalue weighted by Crippen LogP contribution is 2.17. The topological polar surface area (TPSA) is 60.9 Å². The molecule has 1 rings (SSSR count). The van der Waals surface area contributed by atoms with Gasteiger partial charge in [-0.05, 0) is 26.0 Å². The predicted molar refractivity (Wildman–Crippen MR) is 73.0 cm³/mol. The first-order chi connectivity index (χ1) is 9.01. The number of rotatable bonds is 5. The van der Waals surface area contributed by atoms with Crippen molar-refractivity contribution in [2.24, 2.45) is 0 Å². The lowest BCUT2D eigenvalue weighted by Gasteiger charge is -2.23. The molecule has 104 valence electrons. The van der Waals surface area contributed by atoms with Crippen LogP contribution in [0.5, 0.6) is 5.75 Å². The van der Waals surface area contributed by atoms with Crippen molar-refractivity contribution < 1.29 is 14.7 Å². The molecule has 5 nitrogen and oxygen atoms in total. The van der Waals surface area contributed by atoms with Gasteiger partial charge < -0.3 is 14.9 Å². The van der Waals surface area contributed by atoms with Crippen LogP contribution in [0, 0.1) is 0 Å². The van der Waals surface area contributed by atoms with Crippen LogP contribution < -0.4 is 0 Å². The summed E-state index contributed by atoms with van der Waals surface area (Å²) in [5, 5.41) is 9.62. The van der Waals surface area contributed by atoms with Crippen molar-refractivity contribution in [1.29, 1.82) is 0 Å². The van der Waals surface area contributed by atoms with Crippen LogP contribution in [0.4, 0.5) is 0 Å². The molecule has 0 radical (unpaired) electrons. The van der Waals surface area contributed by atoms with Gasteiger partial charge in [0.05, 0.1) is 12.1 Å². The van der Waals surface area contributed by atoms with Crippen LogP contribution in [0.15, 0.2) is 24.3 Å². The fraction of sp³-hybridized carbons (Fsp3) is 0.429. The van der Waals surface area contributed by atoms with E-state index in [1.54, 1.807) is 24.1 Å². The zero-order chi connectivity index (χ0) is 14.4. The van der Waals surface area contributed by atoms with Gasteiger partial charge in [-0.25, -0.2) is 0 Å². The molecule has 0 heterocycles. The zero-order valence-corrected chi connectivity index (χ0v) is 11.6. The summed E-state index contributed by atoms with van der Waals surface area (Å²) in [5.74, 6) is -0.537. The van der Waals surface area contributed by atoms with Gasteiger partial charge in [0.25, 0.3) is 5.91 Å². The Morgan fingerprint density at radius 1 is 1.16 bits per heavy atom. The predicted octanol–water partition coefficient (Wildman–Crippen LogP) is 1.33. The average Bonchev–Trinajstić information content (AvgIpc) is 2.39. The minimum atomic E-state index is -0.362. The number of para-hydroxylation sites is 1. The molecule has 0 aliphatic heterocycles. The number of carbonyl (C=O) groups is 2. The number of hydrogen-bond acceptors (Lipinski definition) is 3. The van der Waals surface area contributed by atoms with Gasteiger partial charge in [-0.2, -0.15) is 0 Å². The van der Waals surface area contributed by atoms with Crippen LogP contribution in [-0.2, 0) is 4.79 Å². The van der Waals surface area contributed by atoms with E-state index in [4.69, 9.17) is 0 Å². The van der Waals surface area contributed by atoms with Gasteiger partial charge in [-0.3, -0.25) is 9.59 Å². The van der Waals surface area contributed by atoms with Gasteiger partial charge in [-0.15, -0.1) is 0 Å². The van der Waals surface area contributed by atoms with Crippen molar-refractivity contribution >= 4 is 11.8 Å². The first-order valence-electron chi connectivity index (χ1n) is 6.32. The highest BCUT2D eigenvalue weighted by molar-refractivity contribution is 5.98. The third-order valence-corrected chi connectivity index (χ3v) is 2.97. The molecule has 0 unspecified atom stereocenters. The average molecular weight is 264 g/mol. The number of carbonyl (C=O) groups excluding carboxylic acids is 2. The minimum absolute atomic E-state index is 0.00878. The van der Waals surface area contributed by atoms with Crippen molar-refractivity contribution in [3.63, 3.8) is 0 Å². The lowest BCUT2D eigenvalue weighted by atomic mass is 10.2. The van der Waals surface area contributed by atoms with E-state index in [1.165, 1.54) is 17.0 Å². The zero-order valence-electron chi connectivity index (χ0n) is 11.6. The number of likely N-dealkylation sites (N-methyl/N-ethyl adjacent to an activating group) is 2. The monoisotopic (exact) mass is 264 g/mol. The lowest BCUT2D eigenvalue weighted by Crippen LogP contribution is -2.41. The number of hydrogen-bond donors (Lipinski definition) is 1. The smallest absolute Gasteiger partial charge is 0.257 e. The summed E-state index contributed by atoms with van der Waals surface area (Å²) in [5.41, 5.74) is 0.206. The molecule has 1 aromatic rings. The van der Waals surface area contributed by atoms with E-state index < -0.39 is 0 Å². The third-order valence-electron chi connectivity index (χ3n) is 2.97. The summed E-state index contributed by atoms with van der Waals surface area (Å²) in [4.78, 5) is 27.0. The van der Waals surface area contributed by atoms with Gasteiger partial charge in [0.2, 0.25) is 5.91 Å². The van der Waals surface area contributed by atoms with Crippen molar-refractivity contribution in [3.8, 4) is 5.75 Å². The number of benzene rings is 1. The minimum Gasteiger partial charge on any atom is -0.507 e. The Bertz CT molecular complexity index is 456. The fourth-order valence-electron chi connectivity index (χ4n) is 1.81. The maximum Gasteiger partial charge on any atom is 0.257 e. The summed E-state index contributed by atoms with van der Waals surface area (Å²) < 4.78 is 0. The Hall–Kier alpha value is -2.04. The third kappa shape index (κ3) is 3.71. The van der Waals surface area contributed by atoms with Gasteiger partial charge >= 0.3 is 0 Å². The summed E-state index contributed by atoms with van der Waals surface area (Å²) >= 11 is 0. The number of amides is 2. The fourth-order valence-corrected chi connectivity index (χ4v) is 1.81. The SMILES string of the molecule is CCN(CC)C(=O)CN(C)C(=O)c1ccccc1O. The van der Waals surface area contributed by atoms with Crippen molar-refractivity contribution in [2.45, 2.75) is 13.8 Å². The second kappa shape index (κ2) is 6.78. The molecule has 0 bridgehead atoms. The quantitative estimate of drug-likeness (QED) is 0.873. The Morgan fingerprint density at radius 2 is 1.74 bits per heavy atom. The molecule has 0 aromatic heterocycles. The molecule has 1 aromatic carbocycles. The molecule has 0 saturated heterocycles. The summed E-state index contributed by atoms with van der Waals surface area (Å²) in [6.45, 7) is 5.04. The van der Waals surface area contributed by atoms with Gasteiger partial charge in [0.15, 0.2) is 0 Å². The van der Waals surface area contributed by atoms with Crippen LogP contribution in [-0.4, -0.2) is 53.4 Å². The van der Waals surface area contributed by atoms with Crippen molar-refractivity contribution in [1.82, 2.24) is 9.80 Å². The van der Waals surface area contributed by atoms with E-state index in [9.17, 15) is 14.7 Å². The van der Waals surface area contributed by atoms with E-state index in [2.05, 4.69) is 0 Å². The van der Waals surface area contributed by atoms with Crippen molar-refractivity contribution in [2.75, 3.05) is 26.7 Å². The summed E-state index contributed by atoms with van der Waals surface area (Å²) in [6.07, 6.45) is 0. The molecule has 0 aliphatic rings. The largest absolute Gasteiger partial charge is 0.507 e. The molecule has 0 fully saturated rings. The highest BCUT2D eigenvalue weighted by atomic mass is 16.3. The molecular weight excluding hydrogens is 244 g/mol. The van der Waals surface area contributed by atoms with Crippen LogP contribution in [0.1, 0.15) is 24.2 Å². The molecule has 0 spiro atoms. The number of phenols is 1. The van der Waals surface area contributed by atoms with Crippen LogP contribution in [0.2, 0.25) is 0 Å². The maximum absolute atomic E-state index is 12.1. The van der Waals surface area contributed by atoms with Gasteiger partial charge in [0, 0.05) is 20.1 Å². The Morgan fingerprint density at radius 3 is 2.26 bits per heavy atom. The number of aromatic hydroxyl groups is 1. The Balaban J connectivity index is 2.74. The van der Waals surface area contributed by atoms with E-state index in [0.29, 0.717) is 13.1 Å². The van der Waals surface area contributed by atoms with Gasteiger partial charge in [-0.1, -0.05) is 12.1 Å². The van der Waals surface area contributed by atoms with E-state index in [1.807, 2.05) is 13.8 Å². The molecule has 2 amide bonds. The molecule has 0 saturated carbocycles. The van der Waals surface area contributed by atoms with Crippen molar-refractivity contribution in [3.05, 3.63) is 29.8 Å². The molecule has 0 aliphatic carbocycles. The van der Waals surface area contributed by atoms with E-state index in [0.717, 1.165) is 0 Å². The van der Waals surface area contributed by atoms with Crippen LogP contribution >= 0.6 is 0 Å². The van der Waals surface area contributed by atoms with E-state index in [-0.39, 0.29) is 29.7 Å². The van der Waals surface area contributed by atoms with Crippen LogP contribution in [0.25, 0.3) is 0 Å². The normalized spacial score (nSPS) is 10.1. The second-order valence-corrected chi connectivity index (χ2v) is 4.24. The molecule has 0 atom stereocenters. The maximum atomic E-state index is 12.1. The standard InChI is InChI=1S/C14H20N2O3/c1-4-16(5-2)13(18)10-15(3)14(19)11-8-6-7-9-12(11)17/h6-9,17H,4-5,10H2,1-3H3. The molecule has 5 heteroatoms. The van der Waals surface area contributed by atoms with Crippen LogP contribution in [0.3, 0.4) is 0 Å². The van der Waals surface area contributed by atoms with E-state index >= 15 is 0 Å². The first-order valence-corrected chi connectivity index (χ1v) is 6.32. The number of phenolic OH excluding ortho intramolecular Hbond substituents is 1. The number of nitrogens with zero attached hydrogens (tertiary/aromatic N) is 2.